The van der Waals surface area contributed by atoms with Gasteiger partial charge in [-0.3, -0.25) is 0 Å². The Morgan fingerprint density at radius 1 is 0.852 bits per heavy atom. The molecule has 0 heterocycles. The highest BCUT2D eigenvalue weighted by Crippen LogP contribution is 2.25. The number of anilines is 1. The van der Waals surface area contributed by atoms with Gasteiger partial charge in [0.15, 0.2) is 0 Å². The molecule has 0 aromatic heterocycles. The van der Waals surface area contributed by atoms with Crippen LogP contribution in [0.4, 0.5) is 5.69 Å². The summed E-state index contributed by atoms with van der Waals surface area (Å²) in [7, 11) is 1.69. The molecule has 0 aliphatic rings. The van der Waals surface area contributed by atoms with Gasteiger partial charge >= 0.3 is 0 Å². The van der Waals surface area contributed by atoms with E-state index in [1.54, 1.807) is 7.11 Å². The summed E-state index contributed by atoms with van der Waals surface area (Å²) in [6.45, 7) is 5.28. The van der Waals surface area contributed by atoms with E-state index in [1.807, 2.05) is 36.4 Å². The second kappa shape index (κ2) is 9.10. The highest BCUT2D eigenvalue weighted by atomic mass is 16.5. The summed E-state index contributed by atoms with van der Waals surface area (Å²) < 4.78 is 11.6. The third-order valence-electron chi connectivity index (χ3n) is 4.37. The molecule has 3 rings (SSSR count). The van der Waals surface area contributed by atoms with Gasteiger partial charge in [-0.05, 0) is 60.9 Å². The summed E-state index contributed by atoms with van der Waals surface area (Å²) in [5.41, 5.74) is 12.0. The molecule has 0 bridgehead atoms. The number of aryl methyl sites for hydroxylation is 2. The second-order valence-corrected chi connectivity index (χ2v) is 6.55. The van der Waals surface area contributed by atoms with Crippen molar-refractivity contribution in [3.63, 3.8) is 0 Å². The largest absolute Gasteiger partial charge is 0.496 e. The van der Waals surface area contributed by atoms with Gasteiger partial charge in [-0.1, -0.05) is 36.4 Å². The van der Waals surface area contributed by atoms with Crippen molar-refractivity contribution in [3.8, 4) is 11.5 Å². The minimum atomic E-state index is 0.466. The molecule has 0 spiro atoms. The maximum Gasteiger partial charge on any atom is 0.125 e. The van der Waals surface area contributed by atoms with Crippen LogP contribution < -0.4 is 20.3 Å². The van der Waals surface area contributed by atoms with Crippen LogP contribution in [0.3, 0.4) is 0 Å². The third-order valence-corrected chi connectivity index (χ3v) is 4.37. The van der Waals surface area contributed by atoms with Crippen LogP contribution in [0.2, 0.25) is 0 Å². The van der Waals surface area contributed by atoms with E-state index < -0.39 is 0 Å². The minimum absolute atomic E-state index is 0.466. The monoisotopic (exact) mass is 362 g/mol. The van der Waals surface area contributed by atoms with Gasteiger partial charge in [0.1, 0.15) is 18.1 Å². The zero-order valence-corrected chi connectivity index (χ0v) is 16.1. The number of rotatable bonds is 8. The van der Waals surface area contributed by atoms with Crippen LogP contribution in [0, 0.1) is 13.8 Å². The lowest BCUT2D eigenvalue weighted by Crippen LogP contribution is -2.20. The summed E-state index contributed by atoms with van der Waals surface area (Å²) >= 11 is 0. The molecule has 0 radical (unpaired) electrons. The molecule has 0 amide bonds. The molecular formula is C23H26N2O2. The van der Waals surface area contributed by atoms with Gasteiger partial charge in [-0.15, -0.1) is 0 Å². The summed E-state index contributed by atoms with van der Waals surface area (Å²) in [6.07, 6.45) is 0. The molecule has 3 aromatic carbocycles. The van der Waals surface area contributed by atoms with Gasteiger partial charge in [0.2, 0.25) is 0 Å². The lowest BCUT2D eigenvalue weighted by Gasteiger charge is -2.14. The van der Waals surface area contributed by atoms with Crippen molar-refractivity contribution in [2.75, 3.05) is 12.5 Å². The van der Waals surface area contributed by atoms with Gasteiger partial charge in [-0.25, -0.2) is 5.43 Å². The quantitative estimate of drug-likeness (QED) is 0.553. The van der Waals surface area contributed by atoms with E-state index in [9.17, 15) is 0 Å². The Kier molecular flexibility index (Phi) is 6.34. The van der Waals surface area contributed by atoms with Crippen LogP contribution >= 0.6 is 0 Å². The Bertz CT molecular complexity index is 879. The van der Waals surface area contributed by atoms with Gasteiger partial charge in [0.05, 0.1) is 7.11 Å². The molecule has 0 aliphatic heterocycles. The van der Waals surface area contributed by atoms with E-state index in [2.05, 4.69) is 55.0 Å². The normalized spacial score (nSPS) is 10.5. The molecular weight excluding hydrogens is 336 g/mol. The number of hydrogen-bond acceptors (Lipinski definition) is 4. The number of hydrazine groups is 1. The Balaban J connectivity index is 1.65. The van der Waals surface area contributed by atoms with Crippen molar-refractivity contribution in [3.05, 3.63) is 89.0 Å². The third kappa shape index (κ3) is 5.25. The van der Waals surface area contributed by atoms with E-state index in [4.69, 9.17) is 9.47 Å². The molecule has 0 saturated heterocycles. The minimum Gasteiger partial charge on any atom is -0.496 e. The van der Waals surface area contributed by atoms with E-state index in [0.29, 0.717) is 13.2 Å². The van der Waals surface area contributed by atoms with Crippen molar-refractivity contribution in [2.45, 2.75) is 27.0 Å². The summed E-state index contributed by atoms with van der Waals surface area (Å²) in [5, 5.41) is 0. The summed E-state index contributed by atoms with van der Waals surface area (Å²) in [6, 6.07) is 22.4. The molecule has 2 N–H and O–H groups in total. The number of para-hydroxylation sites is 1. The zero-order chi connectivity index (χ0) is 19.1. The molecule has 0 saturated carbocycles. The van der Waals surface area contributed by atoms with E-state index in [0.717, 1.165) is 33.9 Å². The SMILES string of the molecule is COc1ccc(CNNc2ccccc2)cc1COc1cc(C)ccc1C. The highest BCUT2D eigenvalue weighted by Gasteiger charge is 2.07. The Labute approximate surface area is 161 Å². The lowest BCUT2D eigenvalue weighted by atomic mass is 10.1. The Hall–Kier alpha value is -2.98. The summed E-state index contributed by atoms with van der Waals surface area (Å²) in [5.74, 6) is 1.74. The first kappa shape index (κ1) is 18.8. The molecule has 0 unspecified atom stereocenters. The number of hydrogen-bond donors (Lipinski definition) is 2. The Morgan fingerprint density at radius 2 is 1.67 bits per heavy atom. The molecule has 0 atom stereocenters. The van der Waals surface area contributed by atoms with Crippen molar-refractivity contribution in [1.82, 2.24) is 5.43 Å². The first-order chi connectivity index (χ1) is 13.2. The smallest absolute Gasteiger partial charge is 0.125 e. The fourth-order valence-corrected chi connectivity index (χ4v) is 2.84. The van der Waals surface area contributed by atoms with Crippen molar-refractivity contribution in [1.29, 1.82) is 0 Å². The standard InChI is InChI=1S/C23H26N2O2/c1-17-9-10-18(2)23(13-17)27-16-20-14-19(11-12-22(20)26-3)15-24-25-21-7-5-4-6-8-21/h4-14,24-25H,15-16H2,1-3H3. The first-order valence-corrected chi connectivity index (χ1v) is 9.05. The maximum absolute atomic E-state index is 6.06. The van der Waals surface area contributed by atoms with Gasteiger partial charge in [0, 0.05) is 17.8 Å². The molecule has 4 heteroatoms. The van der Waals surface area contributed by atoms with Gasteiger partial charge in [-0.2, -0.15) is 0 Å². The van der Waals surface area contributed by atoms with Crippen LogP contribution in [-0.2, 0) is 13.2 Å². The van der Waals surface area contributed by atoms with E-state index in [1.165, 1.54) is 5.56 Å². The summed E-state index contributed by atoms with van der Waals surface area (Å²) in [4.78, 5) is 0. The zero-order valence-electron chi connectivity index (χ0n) is 16.1. The van der Waals surface area contributed by atoms with Crippen LogP contribution in [0.1, 0.15) is 22.3 Å². The van der Waals surface area contributed by atoms with Crippen LogP contribution in [-0.4, -0.2) is 7.11 Å². The molecule has 3 aromatic rings. The van der Waals surface area contributed by atoms with Gasteiger partial charge < -0.3 is 14.9 Å². The van der Waals surface area contributed by atoms with E-state index in [-0.39, 0.29) is 0 Å². The molecule has 140 valence electrons. The first-order valence-electron chi connectivity index (χ1n) is 9.05. The second-order valence-electron chi connectivity index (χ2n) is 6.55. The predicted molar refractivity (Wildman–Crippen MR) is 110 cm³/mol. The van der Waals surface area contributed by atoms with Crippen LogP contribution in [0.5, 0.6) is 11.5 Å². The predicted octanol–water partition coefficient (Wildman–Crippen LogP) is 5.01. The highest BCUT2D eigenvalue weighted by molar-refractivity contribution is 5.42. The van der Waals surface area contributed by atoms with Crippen LogP contribution in [0.25, 0.3) is 0 Å². The average molecular weight is 362 g/mol. The number of nitrogens with one attached hydrogen (secondary N) is 2. The number of methoxy groups -OCH3 is 1. The number of benzene rings is 3. The van der Waals surface area contributed by atoms with Crippen molar-refractivity contribution >= 4 is 5.69 Å². The molecule has 4 nitrogen and oxygen atoms in total. The molecule has 27 heavy (non-hydrogen) atoms. The lowest BCUT2D eigenvalue weighted by molar-refractivity contribution is 0.294. The molecule has 0 aliphatic carbocycles. The van der Waals surface area contributed by atoms with Crippen molar-refractivity contribution in [2.24, 2.45) is 0 Å². The fraction of sp³-hybridized carbons (Fsp3) is 0.217. The average Bonchev–Trinajstić information content (AvgIpc) is 2.69. The van der Waals surface area contributed by atoms with Gasteiger partial charge in [0.25, 0.3) is 0 Å². The van der Waals surface area contributed by atoms with Crippen LogP contribution in [0.15, 0.2) is 66.7 Å². The van der Waals surface area contributed by atoms with E-state index >= 15 is 0 Å². The fourth-order valence-electron chi connectivity index (χ4n) is 2.84. The Morgan fingerprint density at radius 3 is 2.44 bits per heavy atom. The van der Waals surface area contributed by atoms with Crippen molar-refractivity contribution < 1.29 is 9.47 Å². The molecule has 0 fully saturated rings. The maximum atomic E-state index is 6.06. The topological polar surface area (TPSA) is 42.5 Å². The number of ether oxygens (including phenoxy) is 2.